The molecule has 27 heavy (non-hydrogen) atoms. The number of halogens is 1. The Kier molecular flexibility index (Phi) is 4.50. The lowest BCUT2D eigenvalue weighted by Crippen LogP contribution is -2.57. The van der Waals surface area contributed by atoms with Crippen LogP contribution in [0.2, 0.25) is 0 Å². The van der Waals surface area contributed by atoms with Gasteiger partial charge in [0.25, 0.3) is 0 Å². The fraction of sp³-hybridized carbons (Fsp3) is 0.950. The molecule has 4 heterocycles. The molecule has 4 aliphatic heterocycles. The number of hydrazine groups is 1. The van der Waals surface area contributed by atoms with Crippen LogP contribution in [0.15, 0.2) is 0 Å². The van der Waals surface area contributed by atoms with Gasteiger partial charge < -0.3 is 10.6 Å². The fourth-order valence-corrected chi connectivity index (χ4v) is 6.86. The number of carbonyl (C=O) groups excluding carboxylic acids is 1. The van der Waals surface area contributed by atoms with Gasteiger partial charge in [0.2, 0.25) is 5.91 Å². The van der Waals surface area contributed by atoms with E-state index in [0.717, 1.165) is 45.3 Å². The molecule has 0 aromatic carbocycles. The molecule has 0 radical (unpaired) electrons. The molecule has 1 amide bonds. The molecule has 6 nitrogen and oxygen atoms in total. The second-order valence-corrected chi connectivity index (χ2v) is 9.92. The fourth-order valence-electron chi connectivity index (χ4n) is 6.86. The van der Waals surface area contributed by atoms with Crippen molar-refractivity contribution in [2.45, 2.75) is 76.4 Å². The summed E-state index contributed by atoms with van der Waals surface area (Å²) in [4.78, 5) is 12.6. The minimum absolute atomic E-state index is 0.00448. The van der Waals surface area contributed by atoms with E-state index >= 15 is 4.39 Å². The number of carbonyl (C=O) groups is 1. The molecule has 0 aromatic heterocycles. The molecule has 5 aliphatic rings. The van der Waals surface area contributed by atoms with Gasteiger partial charge in [-0.3, -0.25) is 15.5 Å². The van der Waals surface area contributed by atoms with Gasteiger partial charge in [0.05, 0.1) is 12.2 Å². The predicted molar refractivity (Wildman–Crippen MR) is 101 cm³/mol. The third-order valence-electron chi connectivity index (χ3n) is 8.16. The minimum Gasteiger partial charge on any atom is -0.340 e. The van der Waals surface area contributed by atoms with Gasteiger partial charge in [0.15, 0.2) is 0 Å². The lowest BCUT2D eigenvalue weighted by molar-refractivity contribution is -0.127. The summed E-state index contributed by atoms with van der Waals surface area (Å²) in [5.41, 5.74) is 3.44. The number of piperidine rings is 1. The van der Waals surface area contributed by atoms with Crippen molar-refractivity contribution >= 4 is 5.91 Å². The van der Waals surface area contributed by atoms with Crippen LogP contribution in [0.1, 0.15) is 46.0 Å². The summed E-state index contributed by atoms with van der Waals surface area (Å²) in [6, 6.07) is 0.651. The molecule has 0 aromatic rings. The molecular formula is C20H34FN5O. The van der Waals surface area contributed by atoms with Crippen molar-refractivity contribution in [2.24, 2.45) is 23.2 Å². The SMILES string of the molecule is CC1(C)C(=O)NC2NCCC(C3NN([C@H]4CCNC4)C4C(F)CCCC34)C21. The van der Waals surface area contributed by atoms with Crippen molar-refractivity contribution in [1.29, 1.82) is 0 Å². The average Bonchev–Trinajstić information content (AvgIpc) is 3.33. The zero-order valence-corrected chi connectivity index (χ0v) is 16.5. The van der Waals surface area contributed by atoms with E-state index in [0.29, 0.717) is 24.3 Å². The Balaban J connectivity index is 1.45. The molecule has 0 bridgehead atoms. The highest BCUT2D eigenvalue weighted by molar-refractivity contribution is 5.85. The van der Waals surface area contributed by atoms with Crippen LogP contribution in [0.4, 0.5) is 4.39 Å². The van der Waals surface area contributed by atoms with Crippen LogP contribution in [-0.4, -0.2) is 61.0 Å². The summed E-state index contributed by atoms with van der Waals surface area (Å²) in [6.07, 6.45) is 4.22. The summed E-state index contributed by atoms with van der Waals surface area (Å²) in [6.45, 7) is 7.04. The molecule has 7 unspecified atom stereocenters. The van der Waals surface area contributed by atoms with Crippen molar-refractivity contribution in [2.75, 3.05) is 19.6 Å². The predicted octanol–water partition coefficient (Wildman–Crippen LogP) is 0.752. The number of hydrogen-bond donors (Lipinski definition) is 4. The first-order valence-electron chi connectivity index (χ1n) is 10.9. The number of nitrogens with one attached hydrogen (secondary N) is 4. The molecule has 5 rings (SSSR count). The van der Waals surface area contributed by atoms with Crippen LogP contribution < -0.4 is 21.4 Å². The van der Waals surface area contributed by atoms with Gasteiger partial charge in [-0.05, 0) is 50.6 Å². The Labute approximate surface area is 161 Å². The maximum absolute atomic E-state index is 15.1. The summed E-state index contributed by atoms with van der Waals surface area (Å²) in [7, 11) is 0. The van der Waals surface area contributed by atoms with Crippen molar-refractivity contribution in [1.82, 2.24) is 26.4 Å². The van der Waals surface area contributed by atoms with Gasteiger partial charge in [-0.1, -0.05) is 20.3 Å². The second kappa shape index (κ2) is 6.65. The first-order valence-corrected chi connectivity index (χ1v) is 10.9. The van der Waals surface area contributed by atoms with E-state index in [2.05, 4.69) is 40.2 Å². The molecule has 1 saturated carbocycles. The van der Waals surface area contributed by atoms with Crippen LogP contribution in [0, 0.1) is 23.2 Å². The standard InChI is InChI=1S/C20H34FN5O/c1-20(2)15-12(7-9-23-18(15)24-19(20)27)16-13-4-3-5-14(21)17(13)26(25-16)11-6-8-22-10-11/h11-18,22-23,25H,3-10H2,1-2H3,(H,24,27)/t11-,12?,13?,14?,15?,16?,17?,18?/m0/s1. The molecule has 5 fully saturated rings. The monoisotopic (exact) mass is 379 g/mol. The lowest BCUT2D eigenvalue weighted by atomic mass is 9.64. The van der Waals surface area contributed by atoms with Gasteiger partial charge >= 0.3 is 0 Å². The third kappa shape index (κ3) is 2.76. The van der Waals surface area contributed by atoms with E-state index < -0.39 is 6.17 Å². The second-order valence-electron chi connectivity index (χ2n) is 9.92. The molecule has 0 spiro atoms. The Morgan fingerprint density at radius 3 is 2.74 bits per heavy atom. The number of rotatable bonds is 2. The van der Waals surface area contributed by atoms with Crippen LogP contribution in [-0.2, 0) is 4.79 Å². The smallest absolute Gasteiger partial charge is 0.227 e. The van der Waals surface area contributed by atoms with Gasteiger partial charge in [-0.25, -0.2) is 9.40 Å². The van der Waals surface area contributed by atoms with E-state index in [1.54, 1.807) is 0 Å². The van der Waals surface area contributed by atoms with Gasteiger partial charge in [-0.15, -0.1) is 0 Å². The molecule has 4 saturated heterocycles. The van der Waals surface area contributed by atoms with Crippen molar-refractivity contribution < 1.29 is 9.18 Å². The van der Waals surface area contributed by atoms with Crippen molar-refractivity contribution in [3.8, 4) is 0 Å². The highest BCUT2D eigenvalue weighted by Crippen LogP contribution is 2.49. The zero-order valence-electron chi connectivity index (χ0n) is 16.5. The number of fused-ring (bicyclic) bond motifs is 2. The van der Waals surface area contributed by atoms with Gasteiger partial charge in [0, 0.05) is 30.0 Å². The van der Waals surface area contributed by atoms with Crippen molar-refractivity contribution in [3.05, 3.63) is 0 Å². The van der Waals surface area contributed by atoms with E-state index in [9.17, 15) is 4.79 Å². The number of alkyl halides is 1. The Morgan fingerprint density at radius 1 is 1.11 bits per heavy atom. The summed E-state index contributed by atoms with van der Waals surface area (Å²) in [5.74, 6) is 1.14. The van der Waals surface area contributed by atoms with Crippen LogP contribution in [0.3, 0.4) is 0 Å². The summed E-state index contributed by atoms with van der Waals surface area (Å²) < 4.78 is 15.1. The molecule has 4 N–H and O–H groups in total. The summed E-state index contributed by atoms with van der Waals surface area (Å²) in [5, 5.41) is 12.4. The van der Waals surface area contributed by atoms with Gasteiger partial charge in [-0.2, -0.15) is 0 Å². The molecule has 152 valence electrons. The van der Waals surface area contributed by atoms with Crippen LogP contribution in [0.25, 0.3) is 0 Å². The Bertz CT molecular complexity index is 595. The van der Waals surface area contributed by atoms with E-state index in [4.69, 9.17) is 0 Å². The minimum atomic E-state index is -0.740. The normalized spacial score (nSPS) is 49.7. The maximum Gasteiger partial charge on any atom is 0.227 e. The van der Waals surface area contributed by atoms with Gasteiger partial charge in [0.1, 0.15) is 6.17 Å². The Morgan fingerprint density at radius 2 is 1.96 bits per heavy atom. The van der Waals surface area contributed by atoms with Crippen LogP contribution >= 0.6 is 0 Å². The van der Waals surface area contributed by atoms with Crippen molar-refractivity contribution in [3.63, 3.8) is 0 Å². The zero-order chi connectivity index (χ0) is 18.8. The van der Waals surface area contributed by atoms with Crippen LogP contribution in [0.5, 0.6) is 0 Å². The highest BCUT2D eigenvalue weighted by Gasteiger charge is 2.59. The lowest BCUT2D eigenvalue weighted by Gasteiger charge is -2.44. The van der Waals surface area contributed by atoms with E-state index in [1.807, 2.05) is 0 Å². The topological polar surface area (TPSA) is 68.4 Å². The average molecular weight is 380 g/mol. The maximum atomic E-state index is 15.1. The number of amides is 1. The largest absolute Gasteiger partial charge is 0.340 e. The quantitative estimate of drug-likeness (QED) is 0.570. The molecule has 8 atom stereocenters. The Hall–Kier alpha value is -0.760. The first-order chi connectivity index (χ1) is 13.0. The molecule has 7 heteroatoms. The number of hydrogen-bond acceptors (Lipinski definition) is 5. The van der Waals surface area contributed by atoms with E-state index in [-0.39, 0.29) is 35.5 Å². The molecular weight excluding hydrogens is 345 g/mol. The highest BCUT2D eigenvalue weighted by atomic mass is 19.1. The third-order valence-corrected chi connectivity index (χ3v) is 8.16. The molecule has 1 aliphatic carbocycles. The summed E-state index contributed by atoms with van der Waals surface area (Å²) >= 11 is 0. The van der Waals surface area contributed by atoms with E-state index in [1.165, 1.54) is 0 Å². The first kappa shape index (κ1) is 18.3. The number of nitrogens with zero attached hydrogens (tertiary/aromatic N) is 1.